The van der Waals surface area contributed by atoms with E-state index >= 15 is 0 Å². The van der Waals surface area contributed by atoms with Gasteiger partial charge in [0.1, 0.15) is 11.3 Å². The molecule has 0 spiro atoms. The molecular formula is C18H23N5O2. The summed E-state index contributed by atoms with van der Waals surface area (Å²) in [6, 6.07) is 7.37. The lowest BCUT2D eigenvalue weighted by molar-refractivity contribution is 0.211. The number of nitrogens with one attached hydrogen (secondary N) is 1. The van der Waals surface area contributed by atoms with Gasteiger partial charge < -0.3 is 24.9 Å². The SMILES string of the molecule is CCN(CC)CCn1ccc(-c2nc3c(OC(N)=O)cccc3[nH]2)c1. The first-order valence-corrected chi connectivity index (χ1v) is 8.45. The predicted molar refractivity (Wildman–Crippen MR) is 97.5 cm³/mol. The number of carbonyl (C=O) groups is 1. The molecule has 0 saturated heterocycles. The van der Waals surface area contributed by atoms with Crippen LogP contribution in [-0.2, 0) is 6.54 Å². The highest BCUT2D eigenvalue weighted by atomic mass is 16.5. The lowest BCUT2D eigenvalue weighted by Gasteiger charge is -2.17. The van der Waals surface area contributed by atoms with Crippen LogP contribution in [0, 0.1) is 0 Å². The molecule has 3 aromatic rings. The first kappa shape index (κ1) is 17.0. The number of rotatable bonds is 7. The number of hydrogen-bond donors (Lipinski definition) is 2. The number of aromatic nitrogens is 3. The van der Waals surface area contributed by atoms with E-state index in [4.69, 9.17) is 10.5 Å². The number of hydrogen-bond acceptors (Lipinski definition) is 4. The fraction of sp³-hybridized carbons (Fsp3) is 0.333. The van der Waals surface area contributed by atoms with E-state index in [0.29, 0.717) is 11.3 Å². The van der Waals surface area contributed by atoms with Crippen LogP contribution in [0.15, 0.2) is 36.7 Å². The molecule has 0 fully saturated rings. The van der Waals surface area contributed by atoms with Crippen LogP contribution in [0.4, 0.5) is 4.79 Å². The molecule has 0 aliphatic rings. The number of ether oxygens (including phenoxy) is 1. The van der Waals surface area contributed by atoms with Crippen molar-refractivity contribution < 1.29 is 9.53 Å². The molecule has 0 unspecified atom stereocenters. The highest BCUT2D eigenvalue weighted by molar-refractivity contribution is 5.86. The minimum absolute atomic E-state index is 0.355. The largest absolute Gasteiger partial charge is 0.410 e. The van der Waals surface area contributed by atoms with Gasteiger partial charge in [0.2, 0.25) is 0 Å². The maximum atomic E-state index is 11.0. The summed E-state index contributed by atoms with van der Waals surface area (Å²) in [6.07, 6.45) is 3.27. The quantitative estimate of drug-likeness (QED) is 0.691. The Kier molecular flexibility index (Phi) is 5.04. The average molecular weight is 341 g/mol. The molecule has 2 heterocycles. The number of likely N-dealkylation sites (N-methyl/N-ethyl adjacent to an activating group) is 1. The summed E-state index contributed by atoms with van der Waals surface area (Å²) in [5.74, 6) is 1.09. The van der Waals surface area contributed by atoms with Crippen molar-refractivity contribution in [3.8, 4) is 17.1 Å². The van der Waals surface area contributed by atoms with Gasteiger partial charge in [-0.3, -0.25) is 0 Å². The van der Waals surface area contributed by atoms with Gasteiger partial charge >= 0.3 is 6.09 Å². The summed E-state index contributed by atoms with van der Waals surface area (Å²) in [5, 5.41) is 0. The van der Waals surface area contributed by atoms with Gasteiger partial charge in [-0.25, -0.2) is 9.78 Å². The van der Waals surface area contributed by atoms with Gasteiger partial charge in [0.05, 0.1) is 5.52 Å². The Labute approximate surface area is 146 Å². The van der Waals surface area contributed by atoms with Crippen molar-refractivity contribution in [1.82, 2.24) is 19.4 Å². The molecule has 1 amide bonds. The van der Waals surface area contributed by atoms with Gasteiger partial charge in [0.15, 0.2) is 5.75 Å². The van der Waals surface area contributed by atoms with E-state index in [1.54, 1.807) is 12.1 Å². The summed E-state index contributed by atoms with van der Waals surface area (Å²) in [7, 11) is 0. The van der Waals surface area contributed by atoms with E-state index in [1.807, 2.05) is 18.3 Å². The normalized spacial score (nSPS) is 11.3. The zero-order valence-corrected chi connectivity index (χ0v) is 14.5. The molecule has 2 aromatic heterocycles. The number of nitrogens with zero attached hydrogens (tertiary/aromatic N) is 3. The highest BCUT2D eigenvalue weighted by Crippen LogP contribution is 2.27. The van der Waals surface area contributed by atoms with E-state index < -0.39 is 6.09 Å². The Morgan fingerprint density at radius 3 is 2.84 bits per heavy atom. The van der Waals surface area contributed by atoms with Crippen LogP contribution in [0.1, 0.15) is 13.8 Å². The molecule has 25 heavy (non-hydrogen) atoms. The Morgan fingerprint density at radius 1 is 1.32 bits per heavy atom. The van der Waals surface area contributed by atoms with E-state index in [9.17, 15) is 4.79 Å². The molecule has 0 aliphatic heterocycles. The zero-order chi connectivity index (χ0) is 17.8. The molecular weight excluding hydrogens is 318 g/mol. The topological polar surface area (TPSA) is 89.2 Å². The van der Waals surface area contributed by atoms with Crippen LogP contribution in [0.2, 0.25) is 0 Å². The number of fused-ring (bicyclic) bond motifs is 1. The number of aromatic amines is 1. The summed E-state index contributed by atoms with van der Waals surface area (Å²) in [4.78, 5) is 21.2. The maximum absolute atomic E-state index is 11.0. The van der Waals surface area contributed by atoms with Crippen molar-refractivity contribution in [3.05, 3.63) is 36.7 Å². The van der Waals surface area contributed by atoms with Crippen LogP contribution in [0.5, 0.6) is 5.75 Å². The summed E-state index contributed by atoms with van der Waals surface area (Å²) in [6.45, 7) is 8.39. The van der Waals surface area contributed by atoms with Gasteiger partial charge in [-0.1, -0.05) is 19.9 Å². The molecule has 7 nitrogen and oxygen atoms in total. The van der Waals surface area contributed by atoms with Gasteiger partial charge in [-0.15, -0.1) is 0 Å². The predicted octanol–water partition coefficient (Wildman–Crippen LogP) is 2.83. The smallest absolute Gasteiger partial charge is 0.408 e. The number of para-hydroxylation sites is 1. The van der Waals surface area contributed by atoms with E-state index in [0.717, 1.165) is 43.1 Å². The third-order valence-electron chi connectivity index (χ3n) is 4.28. The second-order valence-corrected chi connectivity index (χ2v) is 5.82. The van der Waals surface area contributed by atoms with Crippen molar-refractivity contribution in [1.29, 1.82) is 0 Å². The first-order valence-electron chi connectivity index (χ1n) is 8.45. The monoisotopic (exact) mass is 341 g/mol. The number of nitrogens with two attached hydrogens (primary N) is 1. The third-order valence-corrected chi connectivity index (χ3v) is 4.28. The zero-order valence-electron chi connectivity index (χ0n) is 14.5. The Bertz CT molecular complexity index is 863. The van der Waals surface area contributed by atoms with Crippen LogP contribution in [-0.4, -0.2) is 45.2 Å². The summed E-state index contributed by atoms with van der Waals surface area (Å²) >= 11 is 0. The fourth-order valence-electron chi connectivity index (χ4n) is 2.85. The molecule has 0 saturated carbocycles. The number of H-pyrrole nitrogens is 1. The number of imidazole rings is 1. The van der Waals surface area contributed by atoms with Crippen molar-refractivity contribution in [3.63, 3.8) is 0 Å². The minimum Gasteiger partial charge on any atom is -0.408 e. The van der Waals surface area contributed by atoms with Gasteiger partial charge in [-0.05, 0) is 31.3 Å². The standard InChI is InChI=1S/C18H23N5O2/c1-3-22(4-2)10-11-23-9-8-13(12-23)17-20-14-6-5-7-15(16(14)21-17)25-18(19)24/h5-9,12H,3-4,10-11H2,1-2H3,(H2,19,24)(H,20,21). The number of benzene rings is 1. The number of primary amides is 1. The highest BCUT2D eigenvalue weighted by Gasteiger charge is 2.12. The molecule has 0 aliphatic carbocycles. The number of carbonyl (C=O) groups excluding carboxylic acids is 1. The lowest BCUT2D eigenvalue weighted by Crippen LogP contribution is -2.26. The fourth-order valence-corrected chi connectivity index (χ4v) is 2.85. The molecule has 0 bridgehead atoms. The molecule has 1 aromatic carbocycles. The minimum atomic E-state index is -0.848. The van der Waals surface area contributed by atoms with E-state index in [2.05, 4.69) is 39.5 Å². The second-order valence-electron chi connectivity index (χ2n) is 5.82. The van der Waals surface area contributed by atoms with Gasteiger partial charge in [0.25, 0.3) is 0 Å². The molecule has 3 N–H and O–H groups in total. The van der Waals surface area contributed by atoms with Crippen molar-refractivity contribution in [2.24, 2.45) is 5.73 Å². The Balaban J connectivity index is 1.81. The van der Waals surface area contributed by atoms with Crippen molar-refractivity contribution in [2.75, 3.05) is 19.6 Å². The molecule has 0 radical (unpaired) electrons. The molecule has 132 valence electrons. The third kappa shape index (κ3) is 3.83. The molecule has 3 rings (SSSR count). The van der Waals surface area contributed by atoms with E-state index in [1.165, 1.54) is 0 Å². The summed E-state index contributed by atoms with van der Waals surface area (Å²) < 4.78 is 7.17. The Morgan fingerprint density at radius 2 is 2.12 bits per heavy atom. The average Bonchev–Trinajstić information content (AvgIpc) is 3.22. The first-order chi connectivity index (χ1) is 12.1. The van der Waals surface area contributed by atoms with Crippen LogP contribution < -0.4 is 10.5 Å². The lowest BCUT2D eigenvalue weighted by atomic mass is 10.3. The molecule has 7 heteroatoms. The summed E-state index contributed by atoms with van der Waals surface area (Å²) in [5.41, 5.74) is 7.48. The Hall–Kier alpha value is -2.80. The maximum Gasteiger partial charge on any atom is 0.410 e. The second kappa shape index (κ2) is 7.40. The van der Waals surface area contributed by atoms with Crippen LogP contribution >= 0.6 is 0 Å². The van der Waals surface area contributed by atoms with E-state index in [-0.39, 0.29) is 0 Å². The molecule has 0 atom stereocenters. The van der Waals surface area contributed by atoms with Gasteiger partial charge in [-0.2, -0.15) is 0 Å². The number of amides is 1. The van der Waals surface area contributed by atoms with Crippen molar-refractivity contribution in [2.45, 2.75) is 20.4 Å². The van der Waals surface area contributed by atoms with Crippen molar-refractivity contribution >= 4 is 17.1 Å². The van der Waals surface area contributed by atoms with Crippen LogP contribution in [0.3, 0.4) is 0 Å². The van der Waals surface area contributed by atoms with Crippen LogP contribution in [0.25, 0.3) is 22.4 Å². The van der Waals surface area contributed by atoms with Gasteiger partial charge in [0, 0.05) is 31.0 Å².